The van der Waals surface area contributed by atoms with Crippen LogP contribution >= 0.6 is 11.3 Å². The summed E-state index contributed by atoms with van der Waals surface area (Å²) in [6.45, 7) is 2.00. The fourth-order valence-corrected chi connectivity index (χ4v) is 2.44. The summed E-state index contributed by atoms with van der Waals surface area (Å²) in [5.41, 5.74) is 0.957. The molecule has 2 rings (SSSR count). The van der Waals surface area contributed by atoms with E-state index in [1.54, 1.807) is 23.3 Å². The second kappa shape index (κ2) is 4.61. The van der Waals surface area contributed by atoms with Gasteiger partial charge in [-0.2, -0.15) is 0 Å². The van der Waals surface area contributed by atoms with Crippen LogP contribution in [0.1, 0.15) is 19.8 Å². The van der Waals surface area contributed by atoms with Gasteiger partial charge in [0.25, 0.3) is 0 Å². The van der Waals surface area contributed by atoms with Gasteiger partial charge in [0.05, 0.1) is 10.2 Å². The molecule has 1 heterocycles. The molecule has 0 bridgehead atoms. The predicted octanol–water partition coefficient (Wildman–Crippen LogP) is 3.06. The lowest BCUT2D eigenvalue weighted by Crippen LogP contribution is -2.25. The zero-order valence-corrected chi connectivity index (χ0v) is 10.3. The Kier molecular flexibility index (Phi) is 3.19. The first-order chi connectivity index (χ1) is 7.72. The van der Waals surface area contributed by atoms with Crippen molar-refractivity contribution in [1.29, 1.82) is 0 Å². The third-order valence-corrected chi connectivity index (χ3v) is 3.52. The van der Waals surface area contributed by atoms with Gasteiger partial charge in [-0.3, -0.25) is 9.69 Å². The van der Waals surface area contributed by atoms with Gasteiger partial charge in [0.2, 0.25) is 5.91 Å². The van der Waals surface area contributed by atoms with E-state index in [2.05, 4.69) is 4.98 Å². The van der Waals surface area contributed by atoms with Gasteiger partial charge in [-0.15, -0.1) is 0 Å². The Morgan fingerprint density at radius 3 is 2.88 bits per heavy atom. The first kappa shape index (κ1) is 11.1. The zero-order chi connectivity index (χ0) is 11.5. The number of thiazole rings is 1. The molecule has 0 fully saturated rings. The van der Waals surface area contributed by atoms with Gasteiger partial charge >= 0.3 is 0 Å². The number of nitrogens with zero attached hydrogens (tertiary/aromatic N) is 2. The lowest BCUT2D eigenvalue weighted by molar-refractivity contribution is -0.118. The van der Waals surface area contributed by atoms with Crippen molar-refractivity contribution in [2.45, 2.75) is 19.8 Å². The number of rotatable bonds is 3. The fraction of sp³-hybridized carbons (Fsp3) is 0.333. The minimum Gasteiger partial charge on any atom is -0.291 e. The van der Waals surface area contributed by atoms with E-state index >= 15 is 0 Å². The van der Waals surface area contributed by atoms with Crippen molar-refractivity contribution in [2.24, 2.45) is 0 Å². The lowest BCUT2D eigenvalue weighted by Gasteiger charge is -2.12. The Balaban J connectivity index is 2.29. The van der Waals surface area contributed by atoms with Crippen LogP contribution in [0.15, 0.2) is 24.3 Å². The molecule has 2 aromatic rings. The summed E-state index contributed by atoms with van der Waals surface area (Å²) in [4.78, 5) is 17.8. The molecule has 0 radical (unpaired) electrons. The summed E-state index contributed by atoms with van der Waals surface area (Å²) in [5, 5.41) is 0.777. The van der Waals surface area contributed by atoms with Crippen LogP contribution in [0.3, 0.4) is 0 Å². The number of benzene rings is 1. The van der Waals surface area contributed by atoms with Crippen molar-refractivity contribution < 1.29 is 4.79 Å². The minimum atomic E-state index is 0.126. The summed E-state index contributed by atoms with van der Waals surface area (Å²) in [6, 6.07) is 7.93. The molecule has 0 saturated heterocycles. The maximum atomic E-state index is 11.7. The van der Waals surface area contributed by atoms with Crippen LogP contribution in [0.4, 0.5) is 5.13 Å². The van der Waals surface area contributed by atoms with Crippen LogP contribution < -0.4 is 4.90 Å². The number of anilines is 1. The van der Waals surface area contributed by atoms with Crippen molar-refractivity contribution in [2.75, 3.05) is 11.9 Å². The fourth-order valence-electron chi connectivity index (χ4n) is 1.49. The van der Waals surface area contributed by atoms with E-state index in [1.165, 1.54) is 0 Å². The maximum absolute atomic E-state index is 11.7. The van der Waals surface area contributed by atoms with Crippen molar-refractivity contribution in [3.05, 3.63) is 24.3 Å². The van der Waals surface area contributed by atoms with Gasteiger partial charge in [-0.25, -0.2) is 4.98 Å². The van der Waals surface area contributed by atoms with E-state index in [-0.39, 0.29) is 5.91 Å². The molecular weight excluding hydrogens is 220 g/mol. The topological polar surface area (TPSA) is 33.2 Å². The third kappa shape index (κ3) is 2.07. The summed E-state index contributed by atoms with van der Waals surface area (Å²) < 4.78 is 1.12. The second-order valence-corrected chi connectivity index (χ2v) is 4.68. The van der Waals surface area contributed by atoms with E-state index in [0.29, 0.717) is 6.42 Å². The van der Waals surface area contributed by atoms with E-state index in [9.17, 15) is 4.79 Å². The number of hydrogen-bond acceptors (Lipinski definition) is 3. The van der Waals surface area contributed by atoms with Crippen LogP contribution in [0.2, 0.25) is 0 Å². The molecule has 0 unspecified atom stereocenters. The number of aromatic nitrogens is 1. The Bertz CT molecular complexity index is 473. The van der Waals surface area contributed by atoms with Crippen LogP contribution in [0, 0.1) is 0 Å². The SMILES string of the molecule is CCCC(=O)N(C)c1nc2ccccc2s1. The van der Waals surface area contributed by atoms with Crippen LogP contribution in [0.25, 0.3) is 10.2 Å². The first-order valence-electron chi connectivity index (χ1n) is 5.34. The number of fused-ring (bicyclic) bond motifs is 1. The molecule has 84 valence electrons. The summed E-state index contributed by atoms with van der Waals surface area (Å²) >= 11 is 1.55. The summed E-state index contributed by atoms with van der Waals surface area (Å²) in [5.74, 6) is 0.126. The third-order valence-electron chi connectivity index (χ3n) is 2.41. The highest BCUT2D eigenvalue weighted by Gasteiger charge is 2.13. The predicted molar refractivity (Wildman–Crippen MR) is 67.9 cm³/mol. The molecule has 0 N–H and O–H groups in total. The molecule has 0 spiro atoms. The Morgan fingerprint density at radius 2 is 2.19 bits per heavy atom. The minimum absolute atomic E-state index is 0.126. The number of hydrogen-bond donors (Lipinski definition) is 0. The maximum Gasteiger partial charge on any atom is 0.228 e. The van der Waals surface area contributed by atoms with Gasteiger partial charge in [0.15, 0.2) is 5.13 Å². The van der Waals surface area contributed by atoms with E-state index in [0.717, 1.165) is 21.8 Å². The molecule has 0 aliphatic rings. The molecule has 0 saturated carbocycles. The number of carbonyl (C=O) groups is 1. The first-order valence-corrected chi connectivity index (χ1v) is 6.16. The number of para-hydroxylation sites is 1. The quantitative estimate of drug-likeness (QED) is 0.817. The summed E-state index contributed by atoms with van der Waals surface area (Å²) in [6.07, 6.45) is 1.44. The van der Waals surface area contributed by atoms with Crippen molar-refractivity contribution >= 4 is 32.6 Å². The molecule has 1 aromatic carbocycles. The highest BCUT2D eigenvalue weighted by molar-refractivity contribution is 7.22. The van der Waals surface area contributed by atoms with E-state index in [1.807, 2.05) is 31.2 Å². The second-order valence-electron chi connectivity index (χ2n) is 3.67. The highest BCUT2D eigenvalue weighted by atomic mass is 32.1. The largest absolute Gasteiger partial charge is 0.291 e. The average molecular weight is 234 g/mol. The molecule has 1 amide bonds. The van der Waals surface area contributed by atoms with Gasteiger partial charge < -0.3 is 0 Å². The Hall–Kier alpha value is -1.42. The lowest BCUT2D eigenvalue weighted by atomic mass is 10.3. The van der Waals surface area contributed by atoms with E-state index < -0.39 is 0 Å². The van der Waals surface area contributed by atoms with Crippen molar-refractivity contribution in [3.63, 3.8) is 0 Å². The highest BCUT2D eigenvalue weighted by Crippen LogP contribution is 2.28. The van der Waals surface area contributed by atoms with Gasteiger partial charge in [-0.1, -0.05) is 30.4 Å². The molecule has 16 heavy (non-hydrogen) atoms. The molecule has 4 heteroatoms. The van der Waals surface area contributed by atoms with Gasteiger partial charge in [0.1, 0.15) is 0 Å². The molecule has 3 nitrogen and oxygen atoms in total. The zero-order valence-electron chi connectivity index (χ0n) is 9.43. The van der Waals surface area contributed by atoms with E-state index in [4.69, 9.17) is 0 Å². The van der Waals surface area contributed by atoms with Crippen molar-refractivity contribution in [3.8, 4) is 0 Å². The standard InChI is InChI=1S/C12H14N2OS/c1-3-6-11(15)14(2)12-13-9-7-4-5-8-10(9)16-12/h4-5,7-8H,3,6H2,1-2H3. The van der Waals surface area contributed by atoms with Crippen LogP contribution in [-0.4, -0.2) is 17.9 Å². The summed E-state index contributed by atoms with van der Waals surface area (Å²) in [7, 11) is 1.79. The monoisotopic (exact) mass is 234 g/mol. The molecule has 0 aliphatic carbocycles. The molecular formula is C12H14N2OS. The molecule has 0 atom stereocenters. The van der Waals surface area contributed by atoms with Crippen molar-refractivity contribution in [1.82, 2.24) is 4.98 Å². The molecule has 0 aliphatic heterocycles. The number of carbonyl (C=O) groups excluding carboxylic acids is 1. The number of amides is 1. The Morgan fingerprint density at radius 1 is 1.44 bits per heavy atom. The normalized spacial score (nSPS) is 10.6. The van der Waals surface area contributed by atoms with Crippen LogP contribution in [-0.2, 0) is 4.79 Å². The Labute approximate surface area is 98.7 Å². The van der Waals surface area contributed by atoms with Gasteiger partial charge in [0, 0.05) is 13.5 Å². The van der Waals surface area contributed by atoms with Gasteiger partial charge in [-0.05, 0) is 18.6 Å². The average Bonchev–Trinajstić information content (AvgIpc) is 2.71. The smallest absolute Gasteiger partial charge is 0.228 e. The van der Waals surface area contributed by atoms with Crippen LogP contribution in [0.5, 0.6) is 0 Å². The molecule has 1 aromatic heterocycles.